The van der Waals surface area contributed by atoms with E-state index < -0.39 is 0 Å². The summed E-state index contributed by atoms with van der Waals surface area (Å²) in [5.74, 6) is -0.154. The molecule has 0 aliphatic carbocycles. The molecular weight excluding hydrogens is 316 g/mol. The molecule has 3 nitrogen and oxygen atoms in total. The molecule has 1 N–H and O–H groups in total. The molecule has 0 aliphatic heterocycles. The second-order valence-electron chi connectivity index (χ2n) is 4.45. The fourth-order valence-corrected chi connectivity index (χ4v) is 2.11. The standard InChI is InChI=1S/C16H13BrN2O/c1-11-2-5-13(10-15(11)17)16(20)19-14-6-3-12(4-7-14)8-9-18/h2-7,10H,8H2,1H3,(H,19,20). The van der Waals surface area contributed by atoms with Crippen molar-refractivity contribution in [1.82, 2.24) is 0 Å². The Kier molecular flexibility index (Phi) is 4.54. The quantitative estimate of drug-likeness (QED) is 0.923. The number of benzene rings is 2. The van der Waals surface area contributed by atoms with Crippen LogP contribution in [0.2, 0.25) is 0 Å². The predicted molar refractivity (Wildman–Crippen MR) is 82.6 cm³/mol. The number of aryl methyl sites for hydroxylation is 1. The highest BCUT2D eigenvalue weighted by Gasteiger charge is 2.07. The number of anilines is 1. The van der Waals surface area contributed by atoms with Crippen molar-refractivity contribution in [2.45, 2.75) is 13.3 Å². The van der Waals surface area contributed by atoms with Gasteiger partial charge in [0.2, 0.25) is 0 Å². The average Bonchev–Trinajstić information content (AvgIpc) is 2.44. The molecule has 2 rings (SSSR count). The second kappa shape index (κ2) is 6.36. The van der Waals surface area contributed by atoms with Crippen LogP contribution < -0.4 is 5.32 Å². The smallest absolute Gasteiger partial charge is 0.255 e. The Bertz CT molecular complexity index is 672. The number of hydrogen-bond acceptors (Lipinski definition) is 2. The van der Waals surface area contributed by atoms with E-state index in [9.17, 15) is 4.79 Å². The zero-order valence-electron chi connectivity index (χ0n) is 11.0. The fourth-order valence-electron chi connectivity index (χ4n) is 1.73. The van der Waals surface area contributed by atoms with Gasteiger partial charge in [0, 0.05) is 15.7 Å². The van der Waals surface area contributed by atoms with Crippen LogP contribution in [0.25, 0.3) is 0 Å². The van der Waals surface area contributed by atoms with Crippen LogP contribution in [0.1, 0.15) is 21.5 Å². The van der Waals surface area contributed by atoms with Gasteiger partial charge in [0.1, 0.15) is 0 Å². The second-order valence-corrected chi connectivity index (χ2v) is 5.30. The number of rotatable bonds is 3. The topological polar surface area (TPSA) is 52.9 Å². The van der Waals surface area contributed by atoms with Crippen LogP contribution in [0.4, 0.5) is 5.69 Å². The molecule has 4 heteroatoms. The lowest BCUT2D eigenvalue weighted by atomic mass is 10.1. The van der Waals surface area contributed by atoms with Crippen LogP contribution in [0, 0.1) is 18.3 Å². The molecule has 0 saturated heterocycles. The Hall–Kier alpha value is -2.12. The molecule has 0 aromatic heterocycles. The maximum Gasteiger partial charge on any atom is 0.255 e. The lowest BCUT2D eigenvalue weighted by Crippen LogP contribution is -2.11. The van der Waals surface area contributed by atoms with Crippen LogP contribution in [-0.4, -0.2) is 5.91 Å². The Labute approximate surface area is 126 Å². The van der Waals surface area contributed by atoms with Crippen molar-refractivity contribution in [3.8, 4) is 6.07 Å². The van der Waals surface area contributed by atoms with Crippen LogP contribution in [0.15, 0.2) is 46.9 Å². The Morgan fingerprint density at radius 1 is 1.25 bits per heavy atom. The highest BCUT2D eigenvalue weighted by Crippen LogP contribution is 2.18. The van der Waals surface area contributed by atoms with Crippen LogP contribution in [0.5, 0.6) is 0 Å². The number of halogens is 1. The summed E-state index contributed by atoms with van der Waals surface area (Å²) in [7, 11) is 0. The van der Waals surface area contributed by atoms with Crippen molar-refractivity contribution >= 4 is 27.5 Å². The normalized spacial score (nSPS) is 9.85. The van der Waals surface area contributed by atoms with Gasteiger partial charge >= 0.3 is 0 Å². The van der Waals surface area contributed by atoms with Crippen molar-refractivity contribution in [3.05, 3.63) is 63.6 Å². The summed E-state index contributed by atoms with van der Waals surface area (Å²) in [6.45, 7) is 1.97. The van der Waals surface area contributed by atoms with Crippen LogP contribution >= 0.6 is 15.9 Å². The van der Waals surface area contributed by atoms with Gasteiger partial charge in [-0.25, -0.2) is 0 Å². The van der Waals surface area contributed by atoms with E-state index in [-0.39, 0.29) is 5.91 Å². The third kappa shape index (κ3) is 3.46. The number of hydrogen-bond donors (Lipinski definition) is 1. The summed E-state index contributed by atoms with van der Waals surface area (Å²) in [4.78, 5) is 12.1. The summed E-state index contributed by atoms with van der Waals surface area (Å²) in [6.07, 6.45) is 0.374. The van der Waals surface area contributed by atoms with E-state index in [0.29, 0.717) is 17.7 Å². The van der Waals surface area contributed by atoms with E-state index in [4.69, 9.17) is 5.26 Å². The first kappa shape index (κ1) is 14.3. The molecule has 0 unspecified atom stereocenters. The van der Waals surface area contributed by atoms with E-state index in [1.165, 1.54) is 0 Å². The van der Waals surface area contributed by atoms with Crippen molar-refractivity contribution in [2.24, 2.45) is 0 Å². The third-order valence-electron chi connectivity index (χ3n) is 2.93. The minimum Gasteiger partial charge on any atom is -0.322 e. The molecule has 100 valence electrons. The SMILES string of the molecule is Cc1ccc(C(=O)Nc2ccc(CC#N)cc2)cc1Br. The zero-order valence-corrected chi connectivity index (χ0v) is 12.6. The Morgan fingerprint density at radius 2 is 1.95 bits per heavy atom. The third-order valence-corrected chi connectivity index (χ3v) is 3.78. The monoisotopic (exact) mass is 328 g/mol. The summed E-state index contributed by atoms with van der Waals surface area (Å²) in [5, 5.41) is 11.4. The first-order chi connectivity index (χ1) is 9.60. The lowest BCUT2D eigenvalue weighted by molar-refractivity contribution is 0.102. The maximum absolute atomic E-state index is 12.1. The number of carbonyl (C=O) groups is 1. The first-order valence-electron chi connectivity index (χ1n) is 6.13. The molecule has 0 atom stereocenters. The molecule has 0 fully saturated rings. The predicted octanol–water partition coefficient (Wildman–Crippen LogP) is 4.08. The molecule has 0 bridgehead atoms. The van der Waals surface area contributed by atoms with Crippen molar-refractivity contribution in [2.75, 3.05) is 5.32 Å². The fraction of sp³-hybridized carbons (Fsp3) is 0.125. The van der Waals surface area contributed by atoms with Crippen molar-refractivity contribution < 1.29 is 4.79 Å². The number of carbonyl (C=O) groups excluding carboxylic acids is 1. The molecule has 0 saturated carbocycles. The van der Waals surface area contributed by atoms with Crippen LogP contribution in [0.3, 0.4) is 0 Å². The summed E-state index contributed by atoms with van der Waals surface area (Å²) in [6, 6.07) is 14.9. The molecule has 1 amide bonds. The minimum atomic E-state index is -0.154. The molecule has 2 aromatic carbocycles. The molecule has 20 heavy (non-hydrogen) atoms. The zero-order chi connectivity index (χ0) is 14.5. The number of nitriles is 1. The van der Waals surface area contributed by atoms with E-state index in [0.717, 1.165) is 15.6 Å². The van der Waals surface area contributed by atoms with Gasteiger partial charge in [0.05, 0.1) is 12.5 Å². The van der Waals surface area contributed by atoms with Gasteiger partial charge in [-0.15, -0.1) is 0 Å². The summed E-state index contributed by atoms with van der Waals surface area (Å²) < 4.78 is 0.912. The van der Waals surface area contributed by atoms with E-state index in [1.807, 2.05) is 25.1 Å². The number of amides is 1. The van der Waals surface area contributed by atoms with Crippen molar-refractivity contribution in [3.63, 3.8) is 0 Å². The number of nitrogens with zero attached hydrogens (tertiary/aromatic N) is 1. The van der Waals surface area contributed by atoms with E-state index in [1.54, 1.807) is 24.3 Å². The molecule has 0 radical (unpaired) electrons. The molecular formula is C16H13BrN2O. The highest BCUT2D eigenvalue weighted by atomic mass is 79.9. The van der Waals surface area contributed by atoms with E-state index in [2.05, 4.69) is 27.3 Å². The maximum atomic E-state index is 12.1. The van der Waals surface area contributed by atoms with Gasteiger partial charge < -0.3 is 5.32 Å². The van der Waals surface area contributed by atoms with Gasteiger partial charge in [-0.05, 0) is 42.3 Å². The first-order valence-corrected chi connectivity index (χ1v) is 6.93. The van der Waals surface area contributed by atoms with Crippen LogP contribution in [-0.2, 0) is 6.42 Å². The summed E-state index contributed by atoms with van der Waals surface area (Å²) in [5.41, 5.74) is 3.34. The van der Waals surface area contributed by atoms with Gasteiger partial charge in [-0.2, -0.15) is 5.26 Å². The Balaban J connectivity index is 2.11. The van der Waals surface area contributed by atoms with Gasteiger partial charge in [0.15, 0.2) is 0 Å². The van der Waals surface area contributed by atoms with Gasteiger partial charge in [-0.3, -0.25) is 4.79 Å². The number of nitrogens with one attached hydrogen (secondary N) is 1. The molecule has 2 aromatic rings. The lowest BCUT2D eigenvalue weighted by Gasteiger charge is -2.07. The molecule has 0 spiro atoms. The van der Waals surface area contributed by atoms with Crippen molar-refractivity contribution in [1.29, 1.82) is 5.26 Å². The van der Waals surface area contributed by atoms with Gasteiger partial charge in [0.25, 0.3) is 5.91 Å². The minimum absolute atomic E-state index is 0.154. The van der Waals surface area contributed by atoms with E-state index >= 15 is 0 Å². The molecule has 0 aliphatic rings. The Morgan fingerprint density at radius 3 is 2.55 bits per heavy atom. The molecule has 0 heterocycles. The van der Waals surface area contributed by atoms with Gasteiger partial charge in [-0.1, -0.05) is 34.1 Å². The average molecular weight is 329 g/mol. The largest absolute Gasteiger partial charge is 0.322 e. The summed E-state index contributed by atoms with van der Waals surface area (Å²) >= 11 is 3.42. The highest BCUT2D eigenvalue weighted by molar-refractivity contribution is 9.10.